The maximum atomic E-state index is 12.6. The van der Waals surface area contributed by atoms with Gasteiger partial charge in [0.15, 0.2) is 0 Å². The van der Waals surface area contributed by atoms with E-state index in [2.05, 4.69) is 5.32 Å². The van der Waals surface area contributed by atoms with Crippen molar-refractivity contribution in [3.63, 3.8) is 0 Å². The highest BCUT2D eigenvalue weighted by molar-refractivity contribution is 5.27. The molecule has 0 bridgehead atoms. The van der Waals surface area contributed by atoms with E-state index < -0.39 is 24.0 Å². The Hall–Kier alpha value is -1.24. The molecule has 0 aliphatic heterocycles. The Morgan fingerprint density at radius 1 is 1.00 bits per heavy atom. The average molecular weight is 271 g/mol. The van der Waals surface area contributed by atoms with Crippen LogP contribution in [0.25, 0.3) is 0 Å². The van der Waals surface area contributed by atoms with E-state index in [9.17, 15) is 26.3 Å². The summed E-state index contributed by atoms with van der Waals surface area (Å²) in [7, 11) is 0. The molecule has 0 saturated carbocycles. The van der Waals surface area contributed by atoms with Gasteiger partial charge >= 0.3 is 12.4 Å². The first kappa shape index (κ1) is 14.8. The fraction of sp³-hybridized carbons (Fsp3) is 0.455. The summed E-state index contributed by atoms with van der Waals surface area (Å²) in [5, 5.41) is 2.19. The number of hydrogen-bond acceptors (Lipinski definition) is 1. The zero-order valence-electron chi connectivity index (χ0n) is 9.36. The summed E-state index contributed by atoms with van der Waals surface area (Å²) in [5.41, 5.74) is -1.21. The topological polar surface area (TPSA) is 12.0 Å². The molecule has 0 saturated heterocycles. The van der Waals surface area contributed by atoms with Gasteiger partial charge in [-0.05, 0) is 24.2 Å². The van der Waals surface area contributed by atoms with Crippen molar-refractivity contribution in [1.29, 1.82) is 0 Å². The van der Waals surface area contributed by atoms with Crippen LogP contribution < -0.4 is 5.32 Å². The molecular formula is C11H11F6N. The smallest absolute Gasteiger partial charge is 0.303 e. The molecule has 102 valence electrons. The van der Waals surface area contributed by atoms with E-state index in [1.165, 1.54) is 6.92 Å². The summed E-state index contributed by atoms with van der Waals surface area (Å²) >= 11 is 0. The quantitative estimate of drug-likeness (QED) is 0.822. The first-order valence-electron chi connectivity index (χ1n) is 5.13. The number of rotatable bonds is 3. The normalized spacial score (nSPS) is 14.6. The largest absolute Gasteiger partial charge is 0.416 e. The fourth-order valence-electron chi connectivity index (χ4n) is 1.49. The van der Waals surface area contributed by atoms with Crippen molar-refractivity contribution in [2.24, 2.45) is 0 Å². The predicted molar refractivity (Wildman–Crippen MR) is 53.9 cm³/mol. The Morgan fingerprint density at radius 2 is 1.50 bits per heavy atom. The summed E-state index contributed by atoms with van der Waals surface area (Å²) in [5.74, 6) is 0. The molecule has 7 heteroatoms. The van der Waals surface area contributed by atoms with Crippen LogP contribution in [0.5, 0.6) is 0 Å². The van der Waals surface area contributed by atoms with Crippen molar-refractivity contribution in [3.05, 3.63) is 35.4 Å². The number of hydrogen-bond donors (Lipinski definition) is 1. The third kappa shape index (κ3) is 3.63. The van der Waals surface area contributed by atoms with Crippen LogP contribution in [-0.4, -0.2) is 12.7 Å². The van der Waals surface area contributed by atoms with Gasteiger partial charge in [-0.1, -0.05) is 19.1 Å². The predicted octanol–water partition coefficient (Wildman–Crippen LogP) is 3.92. The van der Waals surface area contributed by atoms with Gasteiger partial charge in [-0.15, -0.1) is 0 Å². The van der Waals surface area contributed by atoms with Crippen molar-refractivity contribution >= 4 is 0 Å². The summed E-state index contributed by atoms with van der Waals surface area (Å²) in [6.07, 6.45) is -9.10. The van der Waals surface area contributed by atoms with Gasteiger partial charge < -0.3 is 5.32 Å². The van der Waals surface area contributed by atoms with Gasteiger partial charge in [0, 0.05) is 0 Å². The van der Waals surface area contributed by atoms with Gasteiger partial charge in [-0.25, -0.2) is 0 Å². The minimum atomic E-state index is -4.55. The average Bonchev–Trinajstić information content (AvgIpc) is 2.23. The number of nitrogens with one attached hydrogen (secondary N) is 1. The van der Waals surface area contributed by atoms with Crippen LogP contribution in [0.2, 0.25) is 0 Å². The van der Waals surface area contributed by atoms with Crippen LogP contribution in [-0.2, 0) is 6.18 Å². The van der Waals surface area contributed by atoms with Gasteiger partial charge in [0.25, 0.3) is 0 Å². The zero-order chi connectivity index (χ0) is 14.0. The maximum absolute atomic E-state index is 12.6. The SMILES string of the molecule is CCN[C@H](c1ccc(C(F)(F)F)cc1)C(F)(F)F. The highest BCUT2D eigenvalue weighted by Gasteiger charge is 2.40. The van der Waals surface area contributed by atoms with Crippen molar-refractivity contribution < 1.29 is 26.3 Å². The molecule has 18 heavy (non-hydrogen) atoms. The zero-order valence-corrected chi connectivity index (χ0v) is 9.36. The molecule has 1 aromatic rings. The first-order chi connectivity index (χ1) is 8.16. The second-order valence-electron chi connectivity index (χ2n) is 3.65. The Bertz CT molecular complexity index is 378. The number of alkyl halides is 6. The standard InChI is InChI=1S/C11H11F6N/c1-2-18-9(11(15,16)17)7-3-5-8(6-4-7)10(12,13)14/h3-6,9,18H,2H2,1H3/t9-/m1/s1. The molecule has 0 radical (unpaired) electrons. The lowest BCUT2D eigenvalue weighted by Gasteiger charge is -2.21. The monoisotopic (exact) mass is 271 g/mol. The third-order valence-corrected chi connectivity index (χ3v) is 2.31. The Balaban J connectivity index is 3.02. The summed E-state index contributed by atoms with van der Waals surface area (Å²) < 4.78 is 74.7. The summed E-state index contributed by atoms with van der Waals surface area (Å²) in [6.45, 7) is 1.55. The molecular weight excluding hydrogens is 260 g/mol. The lowest BCUT2D eigenvalue weighted by atomic mass is 10.0. The van der Waals surface area contributed by atoms with E-state index in [-0.39, 0.29) is 12.1 Å². The molecule has 0 amide bonds. The van der Waals surface area contributed by atoms with Crippen LogP contribution in [0.3, 0.4) is 0 Å². The lowest BCUT2D eigenvalue weighted by Crippen LogP contribution is -2.34. The van der Waals surface area contributed by atoms with Crippen LogP contribution in [0, 0.1) is 0 Å². The lowest BCUT2D eigenvalue weighted by molar-refractivity contribution is -0.157. The van der Waals surface area contributed by atoms with E-state index in [4.69, 9.17) is 0 Å². The van der Waals surface area contributed by atoms with Gasteiger partial charge in [0.1, 0.15) is 6.04 Å². The van der Waals surface area contributed by atoms with E-state index in [0.717, 1.165) is 12.1 Å². The molecule has 1 aromatic carbocycles. The van der Waals surface area contributed by atoms with Crippen LogP contribution >= 0.6 is 0 Å². The minimum absolute atomic E-state index is 0.0607. The highest BCUT2D eigenvalue weighted by Crippen LogP contribution is 2.34. The molecule has 0 heterocycles. The van der Waals surface area contributed by atoms with Gasteiger partial charge in [0.05, 0.1) is 5.56 Å². The van der Waals surface area contributed by atoms with Gasteiger partial charge in [-0.2, -0.15) is 26.3 Å². The maximum Gasteiger partial charge on any atom is 0.416 e. The number of halogens is 6. The molecule has 0 unspecified atom stereocenters. The number of benzene rings is 1. The molecule has 1 rings (SSSR count). The molecule has 0 spiro atoms. The van der Waals surface area contributed by atoms with E-state index in [0.29, 0.717) is 12.1 Å². The van der Waals surface area contributed by atoms with Crippen LogP contribution in [0.1, 0.15) is 24.1 Å². The summed E-state index contributed by atoms with van der Waals surface area (Å²) in [6, 6.07) is 1.01. The molecule has 1 atom stereocenters. The van der Waals surface area contributed by atoms with Crippen LogP contribution in [0.4, 0.5) is 26.3 Å². The molecule has 0 fully saturated rings. The fourth-order valence-corrected chi connectivity index (χ4v) is 1.49. The van der Waals surface area contributed by atoms with Gasteiger partial charge in [0.2, 0.25) is 0 Å². The molecule has 1 N–H and O–H groups in total. The van der Waals surface area contributed by atoms with E-state index >= 15 is 0 Å². The second kappa shape index (κ2) is 5.17. The van der Waals surface area contributed by atoms with E-state index in [1.54, 1.807) is 0 Å². The third-order valence-electron chi connectivity index (χ3n) is 2.31. The Morgan fingerprint density at radius 3 is 1.83 bits per heavy atom. The minimum Gasteiger partial charge on any atom is -0.303 e. The molecule has 1 nitrogen and oxygen atoms in total. The van der Waals surface area contributed by atoms with Crippen molar-refractivity contribution in [3.8, 4) is 0 Å². The molecule has 0 aliphatic rings. The summed E-state index contributed by atoms with van der Waals surface area (Å²) in [4.78, 5) is 0. The highest BCUT2D eigenvalue weighted by atomic mass is 19.4. The van der Waals surface area contributed by atoms with E-state index in [1.807, 2.05) is 0 Å². The first-order valence-corrected chi connectivity index (χ1v) is 5.13. The Kier molecular flexibility index (Phi) is 4.26. The van der Waals surface area contributed by atoms with Gasteiger partial charge in [-0.3, -0.25) is 0 Å². The van der Waals surface area contributed by atoms with Crippen molar-refractivity contribution in [2.75, 3.05) is 6.54 Å². The second-order valence-corrected chi connectivity index (χ2v) is 3.65. The Labute approximate surface area is 99.8 Å². The van der Waals surface area contributed by atoms with Crippen molar-refractivity contribution in [2.45, 2.75) is 25.3 Å². The van der Waals surface area contributed by atoms with Crippen LogP contribution in [0.15, 0.2) is 24.3 Å². The van der Waals surface area contributed by atoms with Crippen molar-refractivity contribution in [1.82, 2.24) is 5.32 Å². The molecule has 0 aromatic heterocycles. The molecule has 0 aliphatic carbocycles.